The van der Waals surface area contributed by atoms with Gasteiger partial charge in [-0.2, -0.15) is 0 Å². The minimum atomic E-state index is -3.78. The van der Waals surface area contributed by atoms with Gasteiger partial charge in [0.1, 0.15) is 5.75 Å². The summed E-state index contributed by atoms with van der Waals surface area (Å²) in [4.78, 5) is 12.6. The molecule has 28 heavy (non-hydrogen) atoms. The maximum atomic E-state index is 12.6. The highest BCUT2D eigenvalue weighted by Gasteiger charge is 2.23. The van der Waals surface area contributed by atoms with E-state index >= 15 is 0 Å². The molecule has 1 amide bonds. The van der Waals surface area contributed by atoms with Gasteiger partial charge in [-0.25, -0.2) is 8.42 Å². The summed E-state index contributed by atoms with van der Waals surface area (Å²) in [5.74, 6) is -1.26. The first-order chi connectivity index (χ1) is 13.3. The van der Waals surface area contributed by atoms with Gasteiger partial charge in [-0.15, -0.1) is 0 Å². The Balaban J connectivity index is 1.83. The molecule has 0 fully saturated rings. The summed E-state index contributed by atoms with van der Waals surface area (Å²) in [6, 6.07) is 21.6. The van der Waals surface area contributed by atoms with Gasteiger partial charge in [-0.1, -0.05) is 65.7 Å². The summed E-state index contributed by atoms with van der Waals surface area (Å²) in [6.45, 7) is 0. The second-order valence-electron chi connectivity index (χ2n) is 6.18. The molecule has 0 saturated carbocycles. The monoisotopic (exact) mass is 433 g/mol. The van der Waals surface area contributed by atoms with E-state index in [1.807, 2.05) is 30.3 Å². The largest absolute Gasteiger partial charge is 0.344 e. The molecule has 1 atom stereocenters. The number of hydrogen-bond acceptors (Lipinski definition) is 3. The van der Waals surface area contributed by atoms with E-state index < -0.39 is 27.5 Å². The summed E-state index contributed by atoms with van der Waals surface area (Å²) in [5, 5.41) is 3.82. The molecule has 3 aromatic carbocycles. The SMILES string of the molecule is O=C(CS(=O)(=O)c1ccc(Cl)cc1)NC(c1ccccc1)c1ccc(Cl)cc1. The Labute approximate surface area is 174 Å². The molecule has 0 saturated heterocycles. The van der Waals surface area contributed by atoms with Gasteiger partial charge >= 0.3 is 0 Å². The van der Waals surface area contributed by atoms with Gasteiger partial charge in [-0.05, 0) is 47.5 Å². The first kappa shape index (κ1) is 20.4. The van der Waals surface area contributed by atoms with Crippen molar-refractivity contribution in [1.82, 2.24) is 5.32 Å². The lowest BCUT2D eigenvalue weighted by molar-refractivity contribution is -0.119. The first-order valence-corrected chi connectivity index (χ1v) is 10.8. The zero-order valence-electron chi connectivity index (χ0n) is 14.7. The summed E-state index contributed by atoms with van der Waals surface area (Å²) < 4.78 is 25.1. The minimum absolute atomic E-state index is 0.0507. The van der Waals surface area contributed by atoms with Crippen LogP contribution in [0.2, 0.25) is 10.0 Å². The third kappa shape index (κ3) is 5.13. The molecule has 4 nitrogen and oxygen atoms in total. The molecule has 1 unspecified atom stereocenters. The van der Waals surface area contributed by atoms with E-state index in [2.05, 4.69) is 5.32 Å². The van der Waals surface area contributed by atoms with Gasteiger partial charge < -0.3 is 5.32 Å². The summed E-state index contributed by atoms with van der Waals surface area (Å²) in [5.41, 5.74) is 1.63. The van der Waals surface area contributed by atoms with Crippen LogP contribution in [0.1, 0.15) is 17.2 Å². The van der Waals surface area contributed by atoms with Crippen molar-refractivity contribution in [3.63, 3.8) is 0 Å². The minimum Gasteiger partial charge on any atom is -0.344 e. The standard InChI is InChI=1S/C21H17Cl2NO3S/c22-17-8-6-16(7-9-17)21(15-4-2-1-3-5-15)24-20(25)14-28(26,27)19-12-10-18(23)11-13-19/h1-13,21H,14H2,(H,24,25). The molecule has 1 N–H and O–H groups in total. The highest BCUT2D eigenvalue weighted by atomic mass is 35.5. The fraction of sp³-hybridized carbons (Fsp3) is 0.0952. The van der Waals surface area contributed by atoms with Crippen LogP contribution in [0.5, 0.6) is 0 Å². The van der Waals surface area contributed by atoms with Crippen LogP contribution in [-0.4, -0.2) is 20.1 Å². The Morgan fingerprint density at radius 2 is 1.29 bits per heavy atom. The fourth-order valence-electron chi connectivity index (χ4n) is 2.76. The summed E-state index contributed by atoms with van der Waals surface area (Å²) in [7, 11) is -3.78. The maximum absolute atomic E-state index is 12.6. The molecule has 0 heterocycles. The van der Waals surface area contributed by atoms with Crippen LogP contribution in [0.15, 0.2) is 83.8 Å². The number of hydrogen-bond donors (Lipinski definition) is 1. The van der Waals surface area contributed by atoms with Crippen molar-refractivity contribution in [3.05, 3.63) is 100 Å². The second kappa shape index (κ2) is 8.78. The lowest BCUT2D eigenvalue weighted by Crippen LogP contribution is -2.34. The number of benzene rings is 3. The number of rotatable bonds is 6. The predicted octanol–water partition coefficient (Wildman–Crippen LogP) is 4.67. The molecule has 144 valence electrons. The lowest BCUT2D eigenvalue weighted by atomic mass is 9.99. The average molecular weight is 434 g/mol. The van der Waals surface area contributed by atoms with Crippen molar-refractivity contribution in [3.8, 4) is 0 Å². The lowest BCUT2D eigenvalue weighted by Gasteiger charge is -2.20. The number of amides is 1. The highest BCUT2D eigenvalue weighted by Crippen LogP contribution is 2.24. The van der Waals surface area contributed by atoms with Crippen LogP contribution >= 0.6 is 23.2 Å². The molecule has 7 heteroatoms. The third-order valence-electron chi connectivity index (χ3n) is 4.14. The summed E-state index contributed by atoms with van der Waals surface area (Å²) >= 11 is 11.8. The van der Waals surface area contributed by atoms with E-state index in [1.54, 1.807) is 24.3 Å². The van der Waals surface area contributed by atoms with E-state index in [1.165, 1.54) is 24.3 Å². The fourth-order valence-corrected chi connectivity index (χ4v) is 4.16. The van der Waals surface area contributed by atoms with Gasteiger partial charge in [0.05, 0.1) is 10.9 Å². The zero-order chi connectivity index (χ0) is 20.1. The zero-order valence-corrected chi connectivity index (χ0v) is 17.0. The van der Waals surface area contributed by atoms with Crippen LogP contribution in [0, 0.1) is 0 Å². The van der Waals surface area contributed by atoms with Gasteiger partial charge in [0, 0.05) is 10.0 Å². The van der Waals surface area contributed by atoms with E-state index in [0.717, 1.165) is 11.1 Å². The van der Waals surface area contributed by atoms with Crippen molar-refractivity contribution in [1.29, 1.82) is 0 Å². The second-order valence-corrected chi connectivity index (χ2v) is 9.04. The number of nitrogens with one attached hydrogen (secondary N) is 1. The number of halogens is 2. The van der Waals surface area contributed by atoms with E-state index in [0.29, 0.717) is 10.0 Å². The van der Waals surface area contributed by atoms with Crippen LogP contribution in [0.3, 0.4) is 0 Å². The molecule has 0 radical (unpaired) electrons. The molecule has 0 aliphatic rings. The van der Waals surface area contributed by atoms with Crippen molar-refractivity contribution >= 4 is 38.9 Å². The Morgan fingerprint density at radius 3 is 1.86 bits per heavy atom. The molecule has 0 spiro atoms. The molecule has 0 bridgehead atoms. The third-order valence-corrected chi connectivity index (χ3v) is 6.27. The Morgan fingerprint density at radius 1 is 0.786 bits per heavy atom. The van der Waals surface area contributed by atoms with Gasteiger partial charge in [0.15, 0.2) is 9.84 Å². The predicted molar refractivity (Wildman–Crippen MR) is 111 cm³/mol. The van der Waals surface area contributed by atoms with E-state index in [4.69, 9.17) is 23.2 Å². The topological polar surface area (TPSA) is 63.2 Å². The van der Waals surface area contributed by atoms with Crippen molar-refractivity contribution in [2.75, 3.05) is 5.75 Å². The van der Waals surface area contributed by atoms with Gasteiger partial charge in [-0.3, -0.25) is 4.79 Å². The average Bonchev–Trinajstić information content (AvgIpc) is 2.67. The molecule has 3 aromatic rings. The number of carbonyl (C=O) groups excluding carboxylic acids is 1. The van der Waals surface area contributed by atoms with E-state index in [-0.39, 0.29) is 4.90 Å². The van der Waals surface area contributed by atoms with Gasteiger partial charge in [0.2, 0.25) is 5.91 Å². The molecule has 0 aliphatic carbocycles. The molecular weight excluding hydrogens is 417 g/mol. The number of sulfone groups is 1. The van der Waals surface area contributed by atoms with Crippen LogP contribution in [0.4, 0.5) is 0 Å². The highest BCUT2D eigenvalue weighted by molar-refractivity contribution is 7.92. The smallest absolute Gasteiger partial charge is 0.236 e. The molecular formula is C21H17Cl2NO3S. The molecule has 0 aromatic heterocycles. The quantitative estimate of drug-likeness (QED) is 0.613. The number of carbonyl (C=O) groups is 1. The Hall–Kier alpha value is -2.34. The van der Waals surface area contributed by atoms with E-state index in [9.17, 15) is 13.2 Å². The van der Waals surface area contributed by atoms with Crippen LogP contribution in [0.25, 0.3) is 0 Å². The molecule has 3 rings (SSSR count). The van der Waals surface area contributed by atoms with Crippen LogP contribution < -0.4 is 5.32 Å². The van der Waals surface area contributed by atoms with Crippen LogP contribution in [-0.2, 0) is 14.6 Å². The first-order valence-electron chi connectivity index (χ1n) is 8.43. The maximum Gasteiger partial charge on any atom is 0.236 e. The Bertz CT molecular complexity index is 1050. The molecule has 0 aliphatic heterocycles. The Kier molecular flexibility index (Phi) is 6.39. The van der Waals surface area contributed by atoms with Crippen molar-refractivity contribution in [2.24, 2.45) is 0 Å². The summed E-state index contributed by atoms with van der Waals surface area (Å²) in [6.07, 6.45) is 0. The van der Waals surface area contributed by atoms with Gasteiger partial charge in [0.25, 0.3) is 0 Å². The van der Waals surface area contributed by atoms with Crippen molar-refractivity contribution < 1.29 is 13.2 Å². The van der Waals surface area contributed by atoms with Crippen molar-refractivity contribution in [2.45, 2.75) is 10.9 Å². The normalized spacial score (nSPS) is 12.4.